The van der Waals surface area contributed by atoms with Crippen molar-refractivity contribution in [3.8, 4) is 0 Å². The third kappa shape index (κ3) is 4.69. The zero-order valence-corrected chi connectivity index (χ0v) is 15.0. The van der Waals surface area contributed by atoms with Crippen LogP contribution in [-0.4, -0.2) is 33.7 Å². The maximum atomic E-state index is 12.0. The number of urea groups is 1. The standard InChI is InChI=1S/C18H22N4O2S/c1-12-6-2-4-8-14(12)21-18(24)22-16(23)10-25-17-13-7-3-5-9-15(13)19-11-20-17/h3,5,7,9,11-12,14H,2,4,6,8,10H2,1H3,(H2,21,22,23,24)/t12-,14-/m0/s1. The second-order valence-electron chi connectivity index (χ2n) is 6.37. The lowest BCUT2D eigenvalue weighted by Crippen LogP contribution is -2.48. The minimum Gasteiger partial charge on any atom is -0.335 e. The largest absolute Gasteiger partial charge is 0.335 e. The van der Waals surface area contributed by atoms with Gasteiger partial charge in [-0.1, -0.05) is 49.7 Å². The Morgan fingerprint density at radius 1 is 1.20 bits per heavy atom. The third-order valence-electron chi connectivity index (χ3n) is 4.53. The van der Waals surface area contributed by atoms with E-state index in [1.165, 1.54) is 24.5 Å². The van der Waals surface area contributed by atoms with E-state index in [-0.39, 0.29) is 17.7 Å². The molecule has 2 N–H and O–H groups in total. The summed E-state index contributed by atoms with van der Waals surface area (Å²) in [6, 6.07) is 7.39. The Morgan fingerprint density at radius 3 is 2.84 bits per heavy atom. The van der Waals surface area contributed by atoms with Gasteiger partial charge in [0.2, 0.25) is 5.91 Å². The van der Waals surface area contributed by atoms with Crippen molar-refractivity contribution in [2.75, 3.05) is 5.75 Å². The number of carbonyl (C=O) groups excluding carboxylic acids is 2. The molecule has 2 aromatic rings. The van der Waals surface area contributed by atoms with E-state index in [0.29, 0.717) is 5.92 Å². The molecule has 3 rings (SSSR count). The number of carbonyl (C=O) groups is 2. The number of amides is 3. The normalized spacial score (nSPS) is 20.2. The minimum atomic E-state index is -0.406. The summed E-state index contributed by atoms with van der Waals surface area (Å²) in [7, 11) is 0. The number of para-hydroxylation sites is 1. The molecule has 1 heterocycles. The van der Waals surface area contributed by atoms with Gasteiger partial charge in [0.15, 0.2) is 0 Å². The van der Waals surface area contributed by atoms with Crippen molar-refractivity contribution in [3.05, 3.63) is 30.6 Å². The number of nitrogens with one attached hydrogen (secondary N) is 2. The highest BCUT2D eigenvalue weighted by molar-refractivity contribution is 8.00. The summed E-state index contributed by atoms with van der Waals surface area (Å²) in [6.45, 7) is 2.14. The fourth-order valence-corrected chi connectivity index (χ4v) is 3.92. The summed E-state index contributed by atoms with van der Waals surface area (Å²) in [4.78, 5) is 32.5. The minimum absolute atomic E-state index is 0.134. The molecule has 7 heteroatoms. The number of benzene rings is 1. The van der Waals surface area contributed by atoms with Crippen molar-refractivity contribution in [2.45, 2.75) is 43.7 Å². The fraction of sp³-hybridized carbons (Fsp3) is 0.444. The molecule has 1 fully saturated rings. The number of hydrogen-bond acceptors (Lipinski definition) is 5. The Hall–Kier alpha value is -2.15. The van der Waals surface area contributed by atoms with Crippen molar-refractivity contribution in [2.24, 2.45) is 5.92 Å². The van der Waals surface area contributed by atoms with Gasteiger partial charge in [-0.3, -0.25) is 10.1 Å². The molecule has 0 bridgehead atoms. The molecule has 0 aliphatic heterocycles. The molecule has 3 amide bonds. The Morgan fingerprint density at radius 2 is 2.00 bits per heavy atom. The second-order valence-corrected chi connectivity index (χ2v) is 7.34. The topological polar surface area (TPSA) is 84.0 Å². The average Bonchev–Trinajstić information content (AvgIpc) is 2.62. The van der Waals surface area contributed by atoms with E-state index in [9.17, 15) is 9.59 Å². The van der Waals surface area contributed by atoms with E-state index in [1.807, 2.05) is 24.3 Å². The molecule has 0 radical (unpaired) electrons. The Labute approximate surface area is 151 Å². The van der Waals surface area contributed by atoms with E-state index >= 15 is 0 Å². The molecule has 1 saturated carbocycles. The zero-order valence-electron chi connectivity index (χ0n) is 14.2. The van der Waals surface area contributed by atoms with Crippen molar-refractivity contribution >= 4 is 34.6 Å². The van der Waals surface area contributed by atoms with Gasteiger partial charge < -0.3 is 5.32 Å². The SMILES string of the molecule is C[C@H]1CCCC[C@@H]1NC(=O)NC(=O)CSc1ncnc2ccccc12. The summed E-state index contributed by atoms with van der Waals surface area (Å²) >= 11 is 1.30. The molecule has 1 aliphatic rings. The first-order chi connectivity index (χ1) is 12.1. The molecule has 0 saturated heterocycles. The lowest BCUT2D eigenvalue weighted by Gasteiger charge is -2.29. The van der Waals surface area contributed by atoms with Crippen LogP contribution in [0.3, 0.4) is 0 Å². The number of aromatic nitrogens is 2. The third-order valence-corrected chi connectivity index (χ3v) is 5.53. The molecule has 25 heavy (non-hydrogen) atoms. The van der Waals surface area contributed by atoms with E-state index in [0.717, 1.165) is 35.2 Å². The van der Waals surface area contributed by atoms with Crippen LogP contribution in [0.4, 0.5) is 4.79 Å². The summed E-state index contributed by atoms with van der Waals surface area (Å²) in [5.74, 6) is 0.263. The first kappa shape index (κ1) is 17.7. The molecule has 6 nitrogen and oxygen atoms in total. The van der Waals surface area contributed by atoms with E-state index in [2.05, 4.69) is 27.5 Å². The highest BCUT2D eigenvalue weighted by Crippen LogP contribution is 2.24. The van der Waals surface area contributed by atoms with Crippen LogP contribution in [0.2, 0.25) is 0 Å². The molecule has 1 aliphatic carbocycles. The van der Waals surface area contributed by atoms with E-state index in [1.54, 1.807) is 0 Å². The van der Waals surface area contributed by atoms with Gasteiger partial charge in [0.05, 0.1) is 11.3 Å². The van der Waals surface area contributed by atoms with Gasteiger partial charge in [0.25, 0.3) is 0 Å². The molecule has 1 aromatic carbocycles. The van der Waals surface area contributed by atoms with Crippen molar-refractivity contribution in [1.82, 2.24) is 20.6 Å². The van der Waals surface area contributed by atoms with Crippen LogP contribution in [0.15, 0.2) is 35.6 Å². The monoisotopic (exact) mass is 358 g/mol. The highest BCUT2D eigenvalue weighted by Gasteiger charge is 2.23. The summed E-state index contributed by atoms with van der Waals surface area (Å²) in [6.07, 6.45) is 5.92. The van der Waals surface area contributed by atoms with Crippen LogP contribution < -0.4 is 10.6 Å². The predicted octanol–water partition coefficient (Wildman–Crippen LogP) is 3.13. The summed E-state index contributed by atoms with van der Waals surface area (Å²) in [5.41, 5.74) is 0.837. The lowest BCUT2D eigenvalue weighted by molar-refractivity contribution is -0.117. The molecule has 1 aromatic heterocycles. The van der Waals surface area contributed by atoms with Crippen LogP contribution >= 0.6 is 11.8 Å². The fourth-order valence-electron chi connectivity index (χ4n) is 3.13. The first-order valence-corrected chi connectivity index (χ1v) is 9.55. The highest BCUT2D eigenvalue weighted by atomic mass is 32.2. The quantitative estimate of drug-likeness (QED) is 0.648. The molecule has 0 unspecified atom stereocenters. The van der Waals surface area contributed by atoms with Crippen LogP contribution in [0, 0.1) is 5.92 Å². The number of nitrogens with zero attached hydrogens (tertiary/aromatic N) is 2. The lowest BCUT2D eigenvalue weighted by atomic mass is 9.86. The second kappa shape index (κ2) is 8.29. The summed E-state index contributed by atoms with van der Waals surface area (Å²) in [5, 5.41) is 6.98. The Kier molecular flexibility index (Phi) is 5.86. The molecule has 132 valence electrons. The molecule has 2 atom stereocenters. The van der Waals surface area contributed by atoms with Crippen LogP contribution in [-0.2, 0) is 4.79 Å². The maximum Gasteiger partial charge on any atom is 0.321 e. The number of thioether (sulfide) groups is 1. The van der Waals surface area contributed by atoms with Gasteiger partial charge >= 0.3 is 6.03 Å². The van der Waals surface area contributed by atoms with Gasteiger partial charge in [-0.15, -0.1) is 0 Å². The number of rotatable bonds is 4. The Bertz CT molecular complexity index is 762. The zero-order chi connectivity index (χ0) is 17.6. The molecule has 0 spiro atoms. The molecular weight excluding hydrogens is 336 g/mol. The van der Waals surface area contributed by atoms with Crippen molar-refractivity contribution in [3.63, 3.8) is 0 Å². The number of fused-ring (bicyclic) bond motifs is 1. The van der Waals surface area contributed by atoms with Crippen molar-refractivity contribution in [1.29, 1.82) is 0 Å². The van der Waals surface area contributed by atoms with Gasteiger partial charge in [-0.25, -0.2) is 14.8 Å². The number of hydrogen-bond donors (Lipinski definition) is 2. The first-order valence-electron chi connectivity index (χ1n) is 8.56. The van der Waals surface area contributed by atoms with E-state index in [4.69, 9.17) is 0 Å². The van der Waals surface area contributed by atoms with Gasteiger partial charge in [0, 0.05) is 11.4 Å². The van der Waals surface area contributed by atoms with E-state index < -0.39 is 6.03 Å². The Balaban J connectivity index is 1.51. The molecular formula is C18H22N4O2S. The average molecular weight is 358 g/mol. The van der Waals surface area contributed by atoms with Gasteiger partial charge in [0.1, 0.15) is 11.4 Å². The van der Waals surface area contributed by atoms with Crippen LogP contribution in [0.25, 0.3) is 10.9 Å². The van der Waals surface area contributed by atoms with Gasteiger partial charge in [-0.05, 0) is 24.8 Å². The maximum absolute atomic E-state index is 12.0. The predicted molar refractivity (Wildman–Crippen MR) is 98.4 cm³/mol. The smallest absolute Gasteiger partial charge is 0.321 e. The van der Waals surface area contributed by atoms with Crippen LogP contribution in [0.5, 0.6) is 0 Å². The van der Waals surface area contributed by atoms with Crippen LogP contribution in [0.1, 0.15) is 32.6 Å². The van der Waals surface area contributed by atoms with Gasteiger partial charge in [-0.2, -0.15) is 0 Å². The number of imide groups is 1. The summed E-state index contributed by atoms with van der Waals surface area (Å²) < 4.78 is 0. The van der Waals surface area contributed by atoms with Crippen molar-refractivity contribution < 1.29 is 9.59 Å².